The quantitative estimate of drug-likeness (QED) is 0.262. The van der Waals surface area contributed by atoms with Crippen molar-refractivity contribution in [2.75, 3.05) is 4.81 Å². The van der Waals surface area contributed by atoms with Crippen molar-refractivity contribution in [3.63, 3.8) is 0 Å². The Bertz CT molecular complexity index is 1750. The van der Waals surface area contributed by atoms with E-state index in [1.807, 2.05) is 6.07 Å². The van der Waals surface area contributed by atoms with Crippen LogP contribution in [0.2, 0.25) is 0 Å². The van der Waals surface area contributed by atoms with E-state index in [0.29, 0.717) is 0 Å². The predicted molar refractivity (Wildman–Crippen MR) is 138 cm³/mol. The number of nitrogens with zero attached hydrogens (tertiary/aromatic N) is 1. The van der Waals surface area contributed by atoms with Crippen molar-refractivity contribution in [1.29, 1.82) is 0 Å². The van der Waals surface area contributed by atoms with Gasteiger partial charge in [0, 0.05) is 38.7 Å². The third-order valence-electron chi connectivity index (χ3n) is 7.28. The number of para-hydroxylation sites is 3. The normalized spacial score (nSPS) is 13.3. The first-order chi connectivity index (χ1) is 16.4. The van der Waals surface area contributed by atoms with Crippen LogP contribution in [0.3, 0.4) is 0 Å². The number of hydrogen-bond acceptors (Lipinski definition) is 2. The third-order valence-corrected chi connectivity index (χ3v) is 7.28. The molecule has 0 amide bonds. The molecule has 2 aliphatic heterocycles. The minimum absolute atomic E-state index is 0.0465. The Balaban J connectivity index is 1.58. The summed E-state index contributed by atoms with van der Waals surface area (Å²) in [5.41, 5.74) is 12.1. The van der Waals surface area contributed by atoms with Gasteiger partial charge in [-0.3, -0.25) is 0 Å². The van der Waals surface area contributed by atoms with Crippen LogP contribution in [-0.2, 0) is 0 Å². The van der Waals surface area contributed by atoms with Crippen LogP contribution in [0.25, 0.3) is 44.2 Å². The second-order valence-corrected chi connectivity index (χ2v) is 8.90. The smallest absolute Gasteiger partial charge is 0.333 e. The van der Waals surface area contributed by atoms with Crippen LogP contribution in [0, 0.1) is 0 Å². The molecule has 33 heavy (non-hydrogen) atoms. The van der Waals surface area contributed by atoms with E-state index in [4.69, 9.17) is 4.42 Å². The van der Waals surface area contributed by atoms with Gasteiger partial charge in [0.1, 0.15) is 11.2 Å². The highest BCUT2D eigenvalue weighted by molar-refractivity contribution is 6.94. The van der Waals surface area contributed by atoms with Crippen molar-refractivity contribution in [1.82, 2.24) is 0 Å². The van der Waals surface area contributed by atoms with Crippen LogP contribution in [0.5, 0.6) is 0 Å². The van der Waals surface area contributed by atoms with E-state index >= 15 is 0 Å². The molecule has 0 bridgehead atoms. The number of rotatable bonds is 0. The van der Waals surface area contributed by atoms with Gasteiger partial charge in [0.15, 0.2) is 0 Å². The maximum Gasteiger partial charge on any atom is 0.333 e. The standard InChI is InChI=1S/C30H18BNO/c1-5-13-25-19(9-1)20-10-2-6-14-26(20)32-27-15-7-3-11-21(27)23-17-18-24-22-12-4-8-16-28(22)33-30(24)29(23)31(25)32/h1-18H. The minimum Gasteiger partial charge on any atom is -0.457 e. The molecular formula is C30H18BNO. The maximum atomic E-state index is 6.59. The average Bonchev–Trinajstić information content (AvgIpc) is 3.27. The molecule has 8 rings (SSSR count). The molecule has 0 fully saturated rings. The molecule has 0 aliphatic carbocycles. The lowest BCUT2D eigenvalue weighted by Crippen LogP contribution is -2.59. The van der Waals surface area contributed by atoms with Crippen molar-refractivity contribution in [2.24, 2.45) is 0 Å². The van der Waals surface area contributed by atoms with E-state index in [2.05, 4.69) is 108 Å². The zero-order valence-electron chi connectivity index (χ0n) is 17.8. The Labute approximate surface area is 191 Å². The van der Waals surface area contributed by atoms with E-state index in [0.717, 1.165) is 11.2 Å². The maximum absolute atomic E-state index is 6.59. The molecular weight excluding hydrogens is 401 g/mol. The molecule has 1 aromatic heterocycles. The van der Waals surface area contributed by atoms with Crippen molar-refractivity contribution in [3.8, 4) is 22.3 Å². The van der Waals surface area contributed by atoms with E-state index in [1.54, 1.807) is 0 Å². The van der Waals surface area contributed by atoms with Gasteiger partial charge in [0.05, 0.1) is 0 Å². The molecule has 0 saturated carbocycles. The van der Waals surface area contributed by atoms with Crippen molar-refractivity contribution >= 4 is 51.1 Å². The first kappa shape index (κ1) is 17.3. The van der Waals surface area contributed by atoms with Crippen LogP contribution >= 0.6 is 0 Å². The van der Waals surface area contributed by atoms with Crippen LogP contribution in [0.15, 0.2) is 114 Å². The van der Waals surface area contributed by atoms with E-state index < -0.39 is 0 Å². The van der Waals surface area contributed by atoms with Crippen molar-refractivity contribution < 1.29 is 4.42 Å². The molecule has 2 aliphatic rings. The van der Waals surface area contributed by atoms with Crippen molar-refractivity contribution in [2.45, 2.75) is 0 Å². The van der Waals surface area contributed by atoms with E-state index in [1.165, 1.54) is 55.3 Å². The fourth-order valence-electron chi connectivity index (χ4n) is 5.95. The van der Waals surface area contributed by atoms with Crippen LogP contribution < -0.4 is 15.7 Å². The Morgan fingerprint density at radius 3 is 1.97 bits per heavy atom. The van der Waals surface area contributed by atoms with Gasteiger partial charge in [-0.1, -0.05) is 84.9 Å². The van der Waals surface area contributed by atoms with Crippen LogP contribution in [-0.4, -0.2) is 6.85 Å². The molecule has 0 spiro atoms. The Morgan fingerprint density at radius 2 is 1.15 bits per heavy atom. The second-order valence-electron chi connectivity index (χ2n) is 8.90. The summed E-state index contributed by atoms with van der Waals surface area (Å²) in [5, 5.41) is 2.35. The number of fused-ring (bicyclic) bond motifs is 15. The molecule has 0 atom stereocenters. The topological polar surface area (TPSA) is 16.4 Å². The molecule has 0 radical (unpaired) electrons. The average molecular weight is 419 g/mol. The summed E-state index contributed by atoms with van der Waals surface area (Å²) in [5.74, 6) is 0. The van der Waals surface area contributed by atoms with Crippen LogP contribution in [0.4, 0.5) is 11.4 Å². The molecule has 6 aromatic rings. The predicted octanol–water partition coefficient (Wildman–Crippen LogP) is 6.49. The van der Waals surface area contributed by atoms with Gasteiger partial charge < -0.3 is 9.23 Å². The summed E-state index contributed by atoms with van der Waals surface area (Å²) >= 11 is 0. The highest BCUT2D eigenvalue weighted by Crippen LogP contribution is 2.46. The molecule has 0 unspecified atom stereocenters. The second kappa shape index (κ2) is 6.17. The third kappa shape index (κ3) is 2.14. The SMILES string of the molecule is c1ccc2c(c1)B1c3c(ccc4c3oc3ccccc34)-c3ccccc3N1c1ccccc1-2. The van der Waals surface area contributed by atoms with E-state index in [9.17, 15) is 0 Å². The summed E-state index contributed by atoms with van der Waals surface area (Å²) in [6, 6.07) is 39.3. The number of benzene rings is 5. The van der Waals surface area contributed by atoms with Gasteiger partial charge in [0.25, 0.3) is 0 Å². The fraction of sp³-hybridized carbons (Fsp3) is 0. The first-order valence-electron chi connectivity index (χ1n) is 11.4. The van der Waals surface area contributed by atoms with Gasteiger partial charge >= 0.3 is 6.85 Å². The minimum atomic E-state index is 0.0465. The molecule has 5 aromatic carbocycles. The molecule has 3 heteroatoms. The van der Waals surface area contributed by atoms with Gasteiger partial charge in [-0.25, -0.2) is 0 Å². The summed E-state index contributed by atoms with van der Waals surface area (Å²) in [6.45, 7) is 0.0465. The fourth-order valence-corrected chi connectivity index (χ4v) is 5.95. The number of hydrogen-bond donors (Lipinski definition) is 0. The summed E-state index contributed by atoms with van der Waals surface area (Å²) in [6.07, 6.45) is 0. The Kier molecular flexibility index (Phi) is 3.24. The highest BCUT2D eigenvalue weighted by Gasteiger charge is 2.43. The summed E-state index contributed by atoms with van der Waals surface area (Å²) < 4.78 is 6.59. The summed E-state index contributed by atoms with van der Waals surface area (Å²) in [4.78, 5) is 2.52. The lowest BCUT2D eigenvalue weighted by molar-refractivity contribution is 0.671. The van der Waals surface area contributed by atoms with Gasteiger partial charge in [-0.15, -0.1) is 0 Å². The van der Waals surface area contributed by atoms with Gasteiger partial charge in [0.2, 0.25) is 0 Å². The first-order valence-corrected chi connectivity index (χ1v) is 11.4. The molecule has 3 heterocycles. The van der Waals surface area contributed by atoms with Gasteiger partial charge in [-0.2, -0.15) is 0 Å². The zero-order valence-corrected chi connectivity index (χ0v) is 17.8. The lowest BCUT2D eigenvalue weighted by Gasteiger charge is -2.43. The molecule has 2 nitrogen and oxygen atoms in total. The monoisotopic (exact) mass is 419 g/mol. The molecule has 0 saturated heterocycles. The molecule has 0 N–H and O–H groups in total. The summed E-state index contributed by atoms with van der Waals surface area (Å²) in [7, 11) is 0. The van der Waals surface area contributed by atoms with Gasteiger partial charge in [-0.05, 0) is 40.9 Å². The number of furan rings is 1. The molecule has 152 valence electrons. The van der Waals surface area contributed by atoms with Crippen LogP contribution in [0.1, 0.15) is 0 Å². The largest absolute Gasteiger partial charge is 0.457 e. The Morgan fingerprint density at radius 1 is 0.515 bits per heavy atom. The van der Waals surface area contributed by atoms with E-state index in [-0.39, 0.29) is 6.85 Å². The zero-order chi connectivity index (χ0) is 21.5. The van der Waals surface area contributed by atoms with Crippen molar-refractivity contribution in [3.05, 3.63) is 109 Å². The number of anilines is 2. The lowest BCUT2D eigenvalue weighted by atomic mass is 9.43. The Hall–Kier alpha value is -4.24. The highest BCUT2D eigenvalue weighted by atomic mass is 16.3.